The Labute approximate surface area is 132 Å². The van der Waals surface area contributed by atoms with E-state index in [-0.39, 0.29) is 12.4 Å². The van der Waals surface area contributed by atoms with Crippen LogP contribution in [0.1, 0.15) is 5.56 Å². The second-order valence-corrected chi connectivity index (χ2v) is 5.51. The van der Waals surface area contributed by atoms with Gasteiger partial charge in [0.25, 0.3) is 0 Å². The summed E-state index contributed by atoms with van der Waals surface area (Å²) >= 11 is 3.30. The zero-order valence-corrected chi connectivity index (χ0v) is 12.7. The predicted octanol–water partition coefficient (Wildman–Crippen LogP) is 4.41. The third kappa shape index (κ3) is 3.01. The third-order valence-electron chi connectivity index (χ3n) is 3.07. The van der Waals surface area contributed by atoms with Gasteiger partial charge in [-0.2, -0.15) is 0 Å². The molecule has 0 aliphatic heterocycles. The van der Waals surface area contributed by atoms with Crippen molar-refractivity contribution in [3.05, 3.63) is 74.6 Å². The summed E-state index contributed by atoms with van der Waals surface area (Å²) < 4.78 is 37.6. The lowest BCUT2D eigenvalue weighted by Gasteiger charge is -2.09. The second kappa shape index (κ2) is 5.88. The Morgan fingerprint density at radius 3 is 2.68 bits per heavy atom. The Balaban J connectivity index is 1.95. The van der Waals surface area contributed by atoms with Crippen LogP contribution in [0.4, 0.5) is 8.78 Å². The van der Waals surface area contributed by atoms with E-state index in [1.54, 1.807) is 18.2 Å². The van der Waals surface area contributed by atoms with Gasteiger partial charge in [-0.1, -0.05) is 15.9 Å². The van der Waals surface area contributed by atoms with Gasteiger partial charge in [-0.05, 0) is 30.3 Å². The molecule has 0 aliphatic carbocycles. The minimum atomic E-state index is -0.796. The van der Waals surface area contributed by atoms with Gasteiger partial charge >= 0.3 is 5.63 Å². The van der Waals surface area contributed by atoms with Gasteiger partial charge in [0.1, 0.15) is 18.0 Å². The summed E-state index contributed by atoms with van der Waals surface area (Å²) in [6, 6.07) is 9.56. The number of hydrogen-bond acceptors (Lipinski definition) is 3. The highest BCUT2D eigenvalue weighted by Gasteiger charge is 2.09. The fourth-order valence-electron chi connectivity index (χ4n) is 2.07. The number of hydrogen-bond donors (Lipinski definition) is 0. The summed E-state index contributed by atoms with van der Waals surface area (Å²) in [5.74, 6) is -1.56. The van der Waals surface area contributed by atoms with E-state index < -0.39 is 17.3 Å². The van der Waals surface area contributed by atoms with Crippen molar-refractivity contribution in [1.29, 1.82) is 0 Å². The molecular formula is C16H9BrF2O3. The number of benzene rings is 2. The molecule has 1 heterocycles. The summed E-state index contributed by atoms with van der Waals surface area (Å²) in [5.41, 5.74) is 0.436. The fraction of sp³-hybridized carbons (Fsp3) is 0.0625. The van der Waals surface area contributed by atoms with E-state index in [0.717, 1.165) is 16.6 Å². The van der Waals surface area contributed by atoms with Crippen LogP contribution in [0, 0.1) is 11.6 Å². The van der Waals surface area contributed by atoms with E-state index in [1.807, 2.05) is 0 Å². The molecule has 0 aliphatic rings. The van der Waals surface area contributed by atoms with Crippen molar-refractivity contribution >= 4 is 26.9 Å². The van der Waals surface area contributed by atoms with Crippen molar-refractivity contribution < 1.29 is 17.9 Å². The van der Waals surface area contributed by atoms with Gasteiger partial charge in [0.2, 0.25) is 0 Å². The van der Waals surface area contributed by atoms with Gasteiger partial charge in [0, 0.05) is 27.6 Å². The van der Waals surface area contributed by atoms with Crippen molar-refractivity contribution in [3.8, 4) is 5.75 Å². The summed E-state index contributed by atoms with van der Waals surface area (Å²) in [7, 11) is 0. The van der Waals surface area contributed by atoms with Gasteiger partial charge in [0.05, 0.1) is 0 Å². The summed E-state index contributed by atoms with van der Waals surface area (Å²) in [4.78, 5) is 11.6. The molecule has 0 N–H and O–H groups in total. The molecule has 0 spiro atoms. The molecule has 112 valence electrons. The first-order valence-corrected chi connectivity index (χ1v) is 7.12. The molecule has 3 rings (SSSR count). The molecule has 3 nitrogen and oxygen atoms in total. The molecular weight excluding hydrogens is 358 g/mol. The quantitative estimate of drug-likeness (QED) is 0.644. The largest absolute Gasteiger partial charge is 0.486 e. The van der Waals surface area contributed by atoms with E-state index in [9.17, 15) is 13.6 Å². The molecule has 0 radical (unpaired) electrons. The van der Waals surface area contributed by atoms with Crippen LogP contribution in [0.25, 0.3) is 11.0 Å². The molecule has 22 heavy (non-hydrogen) atoms. The Kier molecular flexibility index (Phi) is 3.94. The van der Waals surface area contributed by atoms with Crippen LogP contribution in [-0.4, -0.2) is 0 Å². The van der Waals surface area contributed by atoms with Gasteiger partial charge in [-0.25, -0.2) is 13.6 Å². The van der Waals surface area contributed by atoms with Crippen molar-refractivity contribution in [2.45, 2.75) is 6.61 Å². The summed E-state index contributed by atoms with van der Waals surface area (Å²) in [6.07, 6.45) is 0. The lowest BCUT2D eigenvalue weighted by atomic mass is 10.1. The van der Waals surface area contributed by atoms with Crippen LogP contribution < -0.4 is 10.4 Å². The topological polar surface area (TPSA) is 39.4 Å². The average molecular weight is 367 g/mol. The van der Waals surface area contributed by atoms with Crippen LogP contribution in [0.15, 0.2) is 56.1 Å². The molecule has 1 aromatic heterocycles. The lowest BCUT2D eigenvalue weighted by Crippen LogP contribution is -2.04. The summed E-state index contributed by atoms with van der Waals surface area (Å²) in [6.45, 7) is -0.0354. The Morgan fingerprint density at radius 2 is 1.91 bits per heavy atom. The highest BCUT2D eigenvalue weighted by atomic mass is 79.9. The highest BCUT2D eigenvalue weighted by molar-refractivity contribution is 9.10. The maximum Gasteiger partial charge on any atom is 0.336 e. The van der Waals surface area contributed by atoms with Crippen molar-refractivity contribution in [1.82, 2.24) is 0 Å². The molecule has 0 saturated heterocycles. The van der Waals surface area contributed by atoms with Crippen molar-refractivity contribution in [3.63, 3.8) is 0 Å². The van der Waals surface area contributed by atoms with Crippen LogP contribution in [-0.2, 0) is 6.61 Å². The normalized spacial score (nSPS) is 10.9. The second-order valence-electron chi connectivity index (χ2n) is 4.59. The fourth-order valence-corrected chi connectivity index (χ4v) is 2.41. The van der Waals surface area contributed by atoms with Crippen LogP contribution in [0.2, 0.25) is 0 Å². The SMILES string of the molecule is O=c1cc(COc2ccc(F)cc2F)c2ccc(Br)cc2o1. The first kappa shape index (κ1) is 14.7. The first-order valence-electron chi connectivity index (χ1n) is 6.33. The lowest BCUT2D eigenvalue weighted by molar-refractivity contribution is 0.290. The Hall–Kier alpha value is -2.21. The summed E-state index contributed by atoms with van der Waals surface area (Å²) in [5, 5.41) is 0.685. The molecule has 2 aromatic carbocycles. The minimum absolute atomic E-state index is 0.0354. The highest BCUT2D eigenvalue weighted by Crippen LogP contribution is 2.24. The number of halogens is 3. The first-order chi connectivity index (χ1) is 10.5. The predicted molar refractivity (Wildman–Crippen MR) is 80.9 cm³/mol. The zero-order valence-electron chi connectivity index (χ0n) is 11.1. The minimum Gasteiger partial charge on any atom is -0.486 e. The standard InChI is InChI=1S/C16H9BrF2O3/c17-10-1-3-12-9(5-16(20)22-15(12)6-10)8-21-14-4-2-11(18)7-13(14)19/h1-7H,8H2. The van der Waals surface area contributed by atoms with Crippen LogP contribution >= 0.6 is 15.9 Å². The smallest absolute Gasteiger partial charge is 0.336 e. The van der Waals surface area contributed by atoms with Gasteiger partial charge < -0.3 is 9.15 Å². The van der Waals surface area contributed by atoms with Crippen molar-refractivity contribution in [2.24, 2.45) is 0 Å². The number of rotatable bonds is 3. The molecule has 0 atom stereocenters. The Bertz CT molecular complexity index is 906. The molecule has 0 saturated carbocycles. The van der Waals surface area contributed by atoms with E-state index >= 15 is 0 Å². The van der Waals surface area contributed by atoms with E-state index in [4.69, 9.17) is 9.15 Å². The number of ether oxygens (including phenoxy) is 1. The van der Waals surface area contributed by atoms with E-state index in [1.165, 1.54) is 12.1 Å². The Morgan fingerprint density at radius 1 is 1.09 bits per heavy atom. The van der Waals surface area contributed by atoms with Gasteiger partial charge in [0.15, 0.2) is 11.6 Å². The average Bonchev–Trinajstić information content (AvgIpc) is 2.45. The van der Waals surface area contributed by atoms with Crippen LogP contribution in [0.3, 0.4) is 0 Å². The zero-order chi connectivity index (χ0) is 15.7. The molecule has 6 heteroatoms. The monoisotopic (exact) mass is 366 g/mol. The molecule has 0 bridgehead atoms. The molecule has 0 unspecified atom stereocenters. The van der Waals surface area contributed by atoms with Crippen molar-refractivity contribution in [2.75, 3.05) is 0 Å². The molecule has 0 amide bonds. The third-order valence-corrected chi connectivity index (χ3v) is 3.56. The molecule has 3 aromatic rings. The molecule has 0 fully saturated rings. The van der Waals surface area contributed by atoms with E-state index in [2.05, 4.69) is 15.9 Å². The van der Waals surface area contributed by atoms with Gasteiger partial charge in [-0.15, -0.1) is 0 Å². The number of fused-ring (bicyclic) bond motifs is 1. The maximum atomic E-state index is 13.5. The van der Waals surface area contributed by atoms with E-state index in [0.29, 0.717) is 16.5 Å². The maximum absolute atomic E-state index is 13.5. The van der Waals surface area contributed by atoms with Crippen LogP contribution in [0.5, 0.6) is 5.75 Å². The van der Waals surface area contributed by atoms with Gasteiger partial charge in [-0.3, -0.25) is 0 Å².